The molecule has 0 radical (unpaired) electrons. The summed E-state index contributed by atoms with van der Waals surface area (Å²) in [4.78, 5) is 36.5. The fourth-order valence-corrected chi connectivity index (χ4v) is 5.01. The van der Waals surface area contributed by atoms with Gasteiger partial charge >= 0.3 is 11.7 Å². The van der Waals surface area contributed by atoms with Crippen molar-refractivity contribution in [3.8, 4) is 0 Å². The number of thiophene rings is 1. The topological polar surface area (TPSA) is 116 Å². The van der Waals surface area contributed by atoms with Gasteiger partial charge in [-0.05, 0) is 43.1 Å². The predicted molar refractivity (Wildman–Crippen MR) is 113 cm³/mol. The van der Waals surface area contributed by atoms with Gasteiger partial charge in [-0.25, -0.2) is 4.79 Å². The predicted octanol–water partition coefficient (Wildman–Crippen LogP) is 3.82. The number of carbonyl (C=O) groups excluding carboxylic acids is 2. The molecular weight excluding hydrogens is 408 g/mol. The molecule has 9 nitrogen and oxygen atoms in total. The minimum Gasteiger partial charge on any atom is -0.462 e. The van der Waals surface area contributed by atoms with Crippen LogP contribution in [0.2, 0.25) is 0 Å². The number of nitrogens with one attached hydrogen (secondary N) is 1. The lowest BCUT2D eigenvalue weighted by molar-refractivity contribution is -0.385. The first-order chi connectivity index (χ1) is 14.1. The molecule has 10 heteroatoms. The minimum atomic E-state index is -0.570. The minimum absolute atomic E-state index is 0.157. The maximum atomic E-state index is 12.6. The SMILES string of the molecule is CCOC(=O)c1c(NC(=O)Cn2cc([N+](=O)[O-])cn2)sc2c1CC[C@@H](C(C)(C)C)C2. The molecule has 1 amide bonds. The fraction of sp³-hybridized carbons (Fsp3) is 0.550. The molecule has 2 aromatic heterocycles. The molecule has 0 spiro atoms. The monoisotopic (exact) mass is 434 g/mol. The molecule has 0 saturated heterocycles. The number of ether oxygens (including phenoxy) is 1. The molecule has 1 aliphatic rings. The lowest BCUT2D eigenvalue weighted by atomic mass is 9.72. The maximum Gasteiger partial charge on any atom is 0.341 e. The maximum absolute atomic E-state index is 12.6. The van der Waals surface area contributed by atoms with E-state index in [4.69, 9.17) is 4.74 Å². The van der Waals surface area contributed by atoms with Crippen LogP contribution in [0.5, 0.6) is 0 Å². The molecule has 0 fully saturated rings. The second-order valence-corrected chi connectivity index (χ2v) is 9.54. The van der Waals surface area contributed by atoms with Crippen LogP contribution in [-0.4, -0.2) is 33.2 Å². The summed E-state index contributed by atoms with van der Waals surface area (Å²) in [5, 5.41) is 17.9. The van der Waals surface area contributed by atoms with Crippen molar-refractivity contribution in [2.75, 3.05) is 11.9 Å². The standard InChI is InChI=1S/C20H26N4O5S/c1-5-29-19(26)17-14-7-6-12(20(2,3)4)8-15(14)30-18(17)22-16(25)11-23-10-13(9-21-23)24(27)28/h9-10,12H,5-8,11H2,1-4H3,(H,22,25)/t12-/m1/s1. The number of rotatable bonds is 6. The molecule has 2 heterocycles. The molecule has 2 aromatic rings. The third-order valence-corrected chi connectivity index (χ3v) is 6.53. The zero-order chi connectivity index (χ0) is 22.1. The van der Waals surface area contributed by atoms with Crippen LogP contribution in [0.25, 0.3) is 0 Å². The van der Waals surface area contributed by atoms with Gasteiger partial charge in [0, 0.05) is 4.88 Å². The van der Waals surface area contributed by atoms with Crippen LogP contribution in [0.15, 0.2) is 12.4 Å². The van der Waals surface area contributed by atoms with Gasteiger partial charge in [0.2, 0.25) is 5.91 Å². The summed E-state index contributed by atoms with van der Waals surface area (Å²) >= 11 is 1.41. The molecule has 162 valence electrons. The first-order valence-corrected chi connectivity index (χ1v) is 10.7. The Labute approximate surface area is 178 Å². The molecule has 3 rings (SSSR count). The van der Waals surface area contributed by atoms with E-state index in [0.29, 0.717) is 16.5 Å². The number of esters is 1. The van der Waals surface area contributed by atoms with Gasteiger partial charge in [-0.3, -0.25) is 19.6 Å². The summed E-state index contributed by atoms with van der Waals surface area (Å²) in [5.41, 5.74) is 1.37. The van der Waals surface area contributed by atoms with Gasteiger partial charge in [-0.15, -0.1) is 11.3 Å². The quantitative estimate of drug-likeness (QED) is 0.420. The number of nitrogens with zero attached hydrogens (tertiary/aromatic N) is 3. The third kappa shape index (κ3) is 4.69. The Balaban J connectivity index is 1.84. The Bertz CT molecular complexity index is 972. The number of nitro groups is 1. The molecule has 0 bridgehead atoms. The second kappa shape index (κ2) is 8.55. The van der Waals surface area contributed by atoms with E-state index in [0.717, 1.165) is 35.9 Å². The molecule has 1 atom stereocenters. The van der Waals surface area contributed by atoms with Crippen LogP contribution in [-0.2, 0) is 28.9 Å². The molecule has 30 heavy (non-hydrogen) atoms. The van der Waals surface area contributed by atoms with Gasteiger partial charge < -0.3 is 10.1 Å². The number of fused-ring (bicyclic) bond motifs is 1. The smallest absolute Gasteiger partial charge is 0.341 e. The third-order valence-electron chi connectivity index (χ3n) is 5.36. The second-order valence-electron chi connectivity index (χ2n) is 8.44. The Morgan fingerprint density at radius 1 is 1.43 bits per heavy atom. The van der Waals surface area contributed by atoms with Crippen molar-refractivity contribution in [2.45, 2.75) is 53.5 Å². The lowest BCUT2D eigenvalue weighted by Gasteiger charge is -2.33. The van der Waals surface area contributed by atoms with E-state index >= 15 is 0 Å². The average molecular weight is 435 g/mol. The van der Waals surface area contributed by atoms with Crippen molar-refractivity contribution in [3.05, 3.63) is 38.5 Å². The van der Waals surface area contributed by atoms with Crippen molar-refractivity contribution in [2.24, 2.45) is 11.3 Å². The van der Waals surface area contributed by atoms with Gasteiger partial charge in [-0.2, -0.15) is 5.10 Å². The van der Waals surface area contributed by atoms with E-state index in [9.17, 15) is 19.7 Å². The zero-order valence-electron chi connectivity index (χ0n) is 17.6. The van der Waals surface area contributed by atoms with E-state index < -0.39 is 16.8 Å². The van der Waals surface area contributed by atoms with E-state index in [2.05, 4.69) is 31.2 Å². The van der Waals surface area contributed by atoms with Crippen LogP contribution in [0.4, 0.5) is 10.7 Å². The molecule has 0 aromatic carbocycles. The van der Waals surface area contributed by atoms with Gasteiger partial charge in [0.05, 0.1) is 17.1 Å². The van der Waals surface area contributed by atoms with Crippen molar-refractivity contribution in [1.82, 2.24) is 9.78 Å². The highest BCUT2D eigenvalue weighted by molar-refractivity contribution is 7.17. The van der Waals surface area contributed by atoms with E-state index in [-0.39, 0.29) is 24.3 Å². The zero-order valence-corrected chi connectivity index (χ0v) is 18.4. The van der Waals surface area contributed by atoms with Crippen molar-refractivity contribution in [1.29, 1.82) is 0 Å². The van der Waals surface area contributed by atoms with Crippen LogP contribution < -0.4 is 5.32 Å². The first kappa shape index (κ1) is 21.9. The molecule has 1 aliphatic carbocycles. The van der Waals surface area contributed by atoms with Gasteiger partial charge in [-0.1, -0.05) is 20.8 Å². The molecule has 0 saturated carbocycles. The highest BCUT2D eigenvalue weighted by Crippen LogP contribution is 2.44. The van der Waals surface area contributed by atoms with E-state index in [1.165, 1.54) is 22.2 Å². The normalized spacial score (nSPS) is 16.1. The molecular formula is C20H26N4O5S. The highest BCUT2D eigenvalue weighted by atomic mass is 32.1. The largest absolute Gasteiger partial charge is 0.462 e. The average Bonchev–Trinajstić information content (AvgIpc) is 3.24. The number of amides is 1. The van der Waals surface area contributed by atoms with Crippen molar-refractivity contribution in [3.63, 3.8) is 0 Å². The van der Waals surface area contributed by atoms with Crippen molar-refractivity contribution >= 4 is 33.9 Å². The van der Waals surface area contributed by atoms with Crippen LogP contribution in [0, 0.1) is 21.4 Å². The molecule has 0 aliphatic heterocycles. The Morgan fingerprint density at radius 2 is 2.17 bits per heavy atom. The highest BCUT2D eigenvalue weighted by Gasteiger charge is 2.34. The summed E-state index contributed by atoms with van der Waals surface area (Å²) in [6.45, 7) is 8.45. The van der Waals surface area contributed by atoms with Gasteiger partial charge in [0.25, 0.3) is 0 Å². The van der Waals surface area contributed by atoms with E-state index in [1.807, 2.05) is 0 Å². The Kier molecular flexibility index (Phi) is 6.25. The Morgan fingerprint density at radius 3 is 2.77 bits per heavy atom. The van der Waals surface area contributed by atoms with Gasteiger partial charge in [0.15, 0.2) is 0 Å². The van der Waals surface area contributed by atoms with E-state index in [1.54, 1.807) is 6.92 Å². The fourth-order valence-electron chi connectivity index (χ4n) is 3.68. The summed E-state index contributed by atoms with van der Waals surface area (Å²) in [6, 6.07) is 0. The summed E-state index contributed by atoms with van der Waals surface area (Å²) in [7, 11) is 0. The van der Waals surface area contributed by atoms with Crippen molar-refractivity contribution < 1.29 is 19.2 Å². The number of hydrogen-bond donors (Lipinski definition) is 1. The Hall–Kier alpha value is -2.75. The van der Waals surface area contributed by atoms with Crippen LogP contribution >= 0.6 is 11.3 Å². The molecule has 0 unspecified atom stereocenters. The first-order valence-electron chi connectivity index (χ1n) is 9.88. The number of anilines is 1. The van der Waals surface area contributed by atoms with Crippen LogP contribution in [0.1, 0.15) is 54.9 Å². The lowest BCUT2D eigenvalue weighted by Crippen LogP contribution is -2.26. The number of aromatic nitrogens is 2. The van der Waals surface area contributed by atoms with Crippen LogP contribution in [0.3, 0.4) is 0 Å². The summed E-state index contributed by atoms with van der Waals surface area (Å²) in [6.07, 6.45) is 4.89. The number of carbonyl (C=O) groups is 2. The molecule has 1 N–H and O–H groups in total. The summed E-state index contributed by atoms with van der Waals surface area (Å²) < 4.78 is 6.44. The number of hydrogen-bond acceptors (Lipinski definition) is 7. The van der Waals surface area contributed by atoms with Gasteiger partial charge in [0.1, 0.15) is 23.9 Å². The summed E-state index contributed by atoms with van der Waals surface area (Å²) in [5.74, 6) is -0.356.